The summed E-state index contributed by atoms with van der Waals surface area (Å²) >= 11 is 0. The topological polar surface area (TPSA) is 139 Å². The van der Waals surface area contributed by atoms with E-state index in [-0.39, 0.29) is 17.7 Å². The monoisotopic (exact) mass is 642 g/mol. The molecule has 45 heavy (non-hydrogen) atoms. The molecule has 1 aliphatic rings. The minimum atomic E-state index is -4.52. The van der Waals surface area contributed by atoms with Crippen LogP contribution < -0.4 is 15.8 Å². The minimum absolute atomic E-state index is 0.0477. The first-order chi connectivity index (χ1) is 21.5. The second-order valence-corrected chi connectivity index (χ2v) is 14.1. The van der Waals surface area contributed by atoms with E-state index in [1.807, 2.05) is 12.1 Å². The maximum absolute atomic E-state index is 12.6. The molecule has 3 rings (SSSR count). The average Bonchev–Trinajstić information content (AvgIpc) is 2.99. The summed E-state index contributed by atoms with van der Waals surface area (Å²) in [6, 6.07) is 9.03. The zero-order valence-electron chi connectivity index (χ0n) is 27.2. The van der Waals surface area contributed by atoms with Crippen molar-refractivity contribution >= 4 is 32.5 Å². The van der Waals surface area contributed by atoms with Crippen LogP contribution in [0.15, 0.2) is 53.5 Å². The molecule has 0 heterocycles. The first kappa shape index (κ1) is 36.6. The maximum atomic E-state index is 12.6. The van der Waals surface area contributed by atoms with E-state index >= 15 is 0 Å². The number of benzene rings is 2. The highest BCUT2D eigenvalue weighted by molar-refractivity contribution is 7.90. The van der Waals surface area contributed by atoms with Crippen molar-refractivity contribution in [2.24, 2.45) is 11.7 Å². The molecule has 0 saturated heterocycles. The second kappa shape index (κ2) is 18.3. The molecule has 0 bridgehead atoms. The third-order valence-electron chi connectivity index (χ3n) is 8.60. The van der Waals surface area contributed by atoms with E-state index in [0.717, 1.165) is 24.3 Å². The molecule has 1 aliphatic carbocycles. The predicted octanol–water partition coefficient (Wildman–Crippen LogP) is 9.22. The number of unbranched alkanes of at least 4 members (excludes halogenated alkanes) is 13. The van der Waals surface area contributed by atoms with Crippen molar-refractivity contribution in [1.82, 2.24) is 0 Å². The first-order valence-electron chi connectivity index (χ1n) is 16.9. The Labute approximate surface area is 270 Å². The largest absolute Gasteiger partial charge is 0.477 e. The Kier molecular flexibility index (Phi) is 14.9. The van der Waals surface area contributed by atoms with Gasteiger partial charge in [0.2, 0.25) is 0 Å². The number of fused-ring (bicyclic) bond motifs is 1. The Balaban J connectivity index is 1.52. The Bertz CT molecular complexity index is 1400. The number of rotatable bonds is 22. The van der Waals surface area contributed by atoms with Gasteiger partial charge in [-0.25, -0.2) is 4.79 Å². The lowest BCUT2D eigenvalue weighted by molar-refractivity contribution is 0.0683. The molecule has 8 nitrogen and oxygen atoms in total. The minimum Gasteiger partial charge on any atom is -0.477 e. The Hall–Kier alpha value is -2.88. The summed E-state index contributed by atoms with van der Waals surface area (Å²) in [5, 5.41) is 14.9. The summed E-state index contributed by atoms with van der Waals surface area (Å²) < 4.78 is 39.2. The van der Waals surface area contributed by atoms with Gasteiger partial charge >= 0.3 is 5.97 Å². The number of carboxylic acid groups (broad SMARTS) is 1. The number of ether oxygens (including phenoxy) is 1. The van der Waals surface area contributed by atoms with Crippen molar-refractivity contribution < 1.29 is 27.6 Å². The fourth-order valence-electron chi connectivity index (χ4n) is 5.97. The molecule has 0 fully saturated rings. The summed E-state index contributed by atoms with van der Waals surface area (Å²) in [6.45, 7) is 5.02. The van der Waals surface area contributed by atoms with E-state index in [1.165, 1.54) is 95.6 Å². The average molecular weight is 643 g/mol. The molecule has 0 radical (unpaired) electrons. The normalized spacial score (nSPS) is 17.3. The van der Waals surface area contributed by atoms with E-state index in [4.69, 9.17) is 10.5 Å². The van der Waals surface area contributed by atoms with Gasteiger partial charge in [0.15, 0.2) is 5.72 Å². The Morgan fingerprint density at radius 2 is 1.56 bits per heavy atom. The van der Waals surface area contributed by atoms with Crippen LogP contribution in [0, 0.1) is 5.92 Å². The van der Waals surface area contributed by atoms with Gasteiger partial charge in [0, 0.05) is 18.4 Å². The van der Waals surface area contributed by atoms with E-state index in [2.05, 4.69) is 19.2 Å². The zero-order chi connectivity index (χ0) is 32.7. The van der Waals surface area contributed by atoms with Gasteiger partial charge in [0.05, 0.1) is 10.6 Å². The molecule has 2 aromatic rings. The quantitative estimate of drug-likeness (QED) is 0.0566. The Morgan fingerprint density at radius 1 is 0.978 bits per heavy atom. The van der Waals surface area contributed by atoms with E-state index in [0.29, 0.717) is 23.5 Å². The number of hydrogen-bond donors (Lipinski definition) is 4. The van der Waals surface area contributed by atoms with Crippen molar-refractivity contribution in [3.8, 4) is 5.75 Å². The number of carboxylic acids is 1. The van der Waals surface area contributed by atoms with Crippen LogP contribution in [-0.4, -0.2) is 36.3 Å². The van der Waals surface area contributed by atoms with Crippen molar-refractivity contribution in [2.45, 2.75) is 122 Å². The standard InChI is InChI=1S/C36H54N2O6S/c1-3-4-5-6-7-8-9-10-11-12-13-14-15-16-20-28(2)27-38-32-25-29-21-17-18-23-31(29)34(33(32)35(39)40)44-36(37)24-19-22-30(26-36)45(41,42)43/h17-19,21-23,25-26,28,38H,3-16,20,24,27,37H2,1-2H3,(H,39,40)(H,41,42,43). The number of allylic oxidation sites excluding steroid dienone is 1. The van der Waals surface area contributed by atoms with Crippen LogP contribution in [0.4, 0.5) is 5.69 Å². The van der Waals surface area contributed by atoms with Crippen LogP contribution >= 0.6 is 0 Å². The molecular formula is C36H54N2O6S. The fraction of sp³-hybridized carbons (Fsp3) is 0.583. The molecule has 0 saturated carbocycles. The van der Waals surface area contributed by atoms with Crippen LogP contribution in [0.1, 0.15) is 127 Å². The van der Waals surface area contributed by atoms with Crippen molar-refractivity contribution in [3.05, 3.63) is 59.0 Å². The number of anilines is 1. The third-order valence-corrected chi connectivity index (χ3v) is 9.45. The Morgan fingerprint density at radius 3 is 2.13 bits per heavy atom. The van der Waals surface area contributed by atoms with Crippen LogP contribution in [-0.2, 0) is 10.1 Å². The van der Waals surface area contributed by atoms with Gasteiger partial charge in [0.25, 0.3) is 10.1 Å². The van der Waals surface area contributed by atoms with Crippen molar-refractivity contribution in [1.29, 1.82) is 0 Å². The molecule has 2 atom stereocenters. The smallest absolute Gasteiger partial charge is 0.341 e. The van der Waals surface area contributed by atoms with Gasteiger partial charge in [-0.1, -0.05) is 134 Å². The van der Waals surface area contributed by atoms with E-state index in [1.54, 1.807) is 18.2 Å². The van der Waals surface area contributed by atoms with E-state index in [9.17, 15) is 22.9 Å². The van der Waals surface area contributed by atoms with Crippen LogP contribution in [0.2, 0.25) is 0 Å². The fourth-order valence-corrected chi connectivity index (χ4v) is 6.59. The summed E-state index contributed by atoms with van der Waals surface area (Å²) in [7, 11) is -4.52. The number of hydrogen-bond acceptors (Lipinski definition) is 6. The molecule has 0 spiro atoms. The molecule has 250 valence electrons. The highest BCUT2D eigenvalue weighted by Crippen LogP contribution is 2.39. The number of carbonyl (C=O) groups is 1. The molecule has 2 aromatic carbocycles. The van der Waals surface area contributed by atoms with Gasteiger partial charge in [-0.2, -0.15) is 8.42 Å². The van der Waals surface area contributed by atoms with Crippen LogP contribution in [0.5, 0.6) is 5.75 Å². The third kappa shape index (κ3) is 12.1. The number of aromatic carboxylic acids is 1. The van der Waals surface area contributed by atoms with Crippen LogP contribution in [0.3, 0.4) is 0 Å². The maximum Gasteiger partial charge on any atom is 0.341 e. The molecule has 9 heteroatoms. The zero-order valence-corrected chi connectivity index (χ0v) is 28.0. The number of nitrogens with two attached hydrogens (primary N) is 1. The highest BCUT2D eigenvalue weighted by Gasteiger charge is 2.33. The van der Waals surface area contributed by atoms with Gasteiger partial charge < -0.3 is 15.2 Å². The molecule has 5 N–H and O–H groups in total. The summed E-state index contributed by atoms with van der Waals surface area (Å²) in [5.74, 6) is -0.803. The van der Waals surface area contributed by atoms with Crippen LogP contribution in [0.25, 0.3) is 10.8 Å². The SMILES string of the molecule is CCCCCCCCCCCCCCCCC(C)CNc1cc2ccccc2c(OC2(N)C=C(S(=O)(=O)O)C=CC2)c1C(=O)O. The number of nitrogens with one attached hydrogen (secondary N) is 1. The van der Waals surface area contributed by atoms with Crippen molar-refractivity contribution in [3.63, 3.8) is 0 Å². The van der Waals surface area contributed by atoms with E-state index < -0.39 is 26.7 Å². The van der Waals surface area contributed by atoms with Gasteiger partial charge in [-0.05, 0) is 35.9 Å². The van der Waals surface area contributed by atoms with Gasteiger partial charge in [-0.15, -0.1) is 0 Å². The lowest BCUT2D eigenvalue weighted by Crippen LogP contribution is -2.45. The first-order valence-corrected chi connectivity index (χ1v) is 18.4. The van der Waals surface area contributed by atoms with Gasteiger partial charge in [0.1, 0.15) is 11.3 Å². The van der Waals surface area contributed by atoms with Gasteiger partial charge in [-0.3, -0.25) is 10.3 Å². The molecule has 0 aromatic heterocycles. The lowest BCUT2D eigenvalue weighted by Gasteiger charge is -2.30. The highest BCUT2D eigenvalue weighted by atomic mass is 32.2. The summed E-state index contributed by atoms with van der Waals surface area (Å²) in [5.41, 5.74) is 5.09. The predicted molar refractivity (Wildman–Crippen MR) is 184 cm³/mol. The summed E-state index contributed by atoms with van der Waals surface area (Å²) in [6.07, 6.45) is 23.6. The molecular weight excluding hydrogens is 588 g/mol. The van der Waals surface area contributed by atoms with Crippen molar-refractivity contribution in [2.75, 3.05) is 11.9 Å². The molecule has 2 unspecified atom stereocenters. The molecule has 0 amide bonds. The molecule has 0 aliphatic heterocycles. The summed E-state index contributed by atoms with van der Waals surface area (Å²) in [4.78, 5) is 12.2. The second-order valence-electron chi connectivity index (χ2n) is 12.7. The lowest BCUT2D eigenvalue weighted by atomic mass is 9.99.